The first-order valence-corrected chi connectivity index (χ1v) is 15.1. The number of hydrogen-bond acceptors (Lipinski definition) is 2. The molecule has 2 fully saturated rings. The number of unbranched alkanes of at least 4 members (excludes halogenated alkanes) is 1. The van der Waals surface area contributed by atoms with Gasteiger partial charge in [0.05, 0.1) is 0 Å². The molecule has 1 atom stereocenters. The van der Waals surface area contributed by atoms with E-state index in [2.05, 4.69) is 52.0 Å². The van der Waals surface area contributed by atoms with Gasteiger partial charge in [-0.25, -0.2) is 0 Å². The Morgan fingerprint density at radius 3 is 1.53 bits per heavy atom. The summed E-state index contributed by atoms with van der Waals surface area (Å²) in [6.07, 6.45) is 17.3. The molecular weight excluding hydrogens is 440 g/mol. The van der Waals surface area contributed by atoms with Crippen LogP contribution in [0.5, 0.6) is 11.5 Å². The molecule has 0 bridgehead atoms. The molecule has 2 N–H and O–H groups in total. The Balaban J connectivity index is 1.84. The second-order valence-corrected chi connectivity index (χ2v) is 12.0. The summed E-state index contributed by atoms with van der Waals surface area (Å²) in [4.78, 5) is 0. The second-order valence-electron chi connectivity index (χ2n) is 12.0. The van der Waals surface area contributed by atoms with Crippen molar-refractivity contribution in [2.45, 2.75) is 135 Å². The van der Waals surface area contributed by atoms with E-state index in [4.69, 9.17) is 0 Å². The Bertz CT molecular complexity index is 921. The molecule has 2 nitrogen and oxygen atoms in total. The highest BCUT2D eigenvalue weighted by molar-refractivity contribution is 5.52. The minimum absolute atomic E-state index is 0.299. The van der Waals surface area contributed by atoms with Gasteiger partial charge in [-0.2, -0.15) is 0 Å². The van der Waals surface area contributed by atoms with Gasteiger partial charge in [-0.1, -0.05) is 83.8 Å². The zero-order valence-corrected chi connectivity index (χ0v) is 23.4. The molecule has 2 saturated carbocycles. The average molecular weight is 491 g/mol. The minimum atomic E-state index is 0.299. The van der Waals surface area contributed by atoms with E-state index in [1.807, 2.05) is 0 Å². The minimum Gasteiger partial charge on any atom is -0.508 e. The lowest BCUT2D eigenvalue weighted by Gasteiger charge is -2.33. The second kappa shape index (κ2) is 12.5. The standard InChI is InChI=1S/C34H50O2/c1-5-7-14-25(6-2)34(28-21-30(32(35)19-23(28)3)26-15-10-8-11-16-26)29-22-31(33(36)20-24(29)4)27-17-12-9-13-18-27/h19-22,25-27,34-36H,5-18H2,1-4H3. The molecule has 2 aromatic carbocycles. The molecule has 0 amide bonds. The fraction of sp³-hybridized carbons (Fsp3) is 0.647. The lowest BCUT2D eigenvalue weighted by Crippen LogP contribution is -2.18. The Labute approximate surface area is 220 Å². The number of aromatic hydroxyl groups is 2. The summed E-state index contributed by atoms with van der Waals surface area (Å²) in [7, 11) is 0. The molecule has 36 heavy (non-hydrogen) atoms. The molecule has 0 radical (unpaired) electrons. The predicted molar refractivity (Wildman–Crippen MR) is 152 cm³/mol. The number of phenolic OH excluding ortho intramolecular Hbond substituents is 2. The van der Waals surface area contributed by atoms with Crippen molar-refractivity contribution < 1.29 is 10.2 Å². The number of aryl methyl sites for hydroxylation is 2. The highest BCUT2D eigenvalue weighted by Crippen LogP contribution is 2.47. The molecule has 0 heterocycles. The fourth-order valence-electron chi connectivity index (χ4n) is 7.35. The van der Waals surface area contributed by atoms with Gasteiger partial charge in [0, 0.05) is 5.92 Å². The van der Waals surface area contributed by atoms with Crippen LogP contribution in [-0.2, 0) is 0 Å². The molecule has 2 heteroatoms. The maximum atomic E-state index is 11.0. The van der Waals surface area contributed by atoms with Gasteiger partial charge in [0.2, 0.25) is 0 Å². The van der Waals surface area contributed by atoms with Crippen molar-refractivity contribution >= 4 is 0 Å². The maximum Gasteiger partial charge on any atom is 0.119 e. The van der Waals surface area contributed by atoms with Crippen molar-refractivity contribution in [1.29, 1.82) is 0 Å². The number of rotatable bonds is 9. The molecule has 4 rings (SSSR count). The first-order valence-electron chi connectivity index (χ1n) is 15.1. The molecule has 0 aliphatic heterocycles. The third-order valence-corrected chi connectivity index (χ3v) is 9.52. The van der Waals surface area contributed by atoms with Crippen molar-refractivity contribution in [2.75, 3.05) is 0 Å². The van der Waals surface area contributed by atoms with Gasteiger partial charge in [-0.05, 0) is 109 Å². The van der Waals surface area contributed by atoms with Crippen LogP contribution in [0.4, 0.5) is 0 Å². The Morgan fingerprint density at radius 1 is 0.694 bits per heavy atom. The molecule has 198 valence electrons. The van der Waals surface area contributed by atoms with Gasteiger partial charge in [0.15, 0.2) is 0 Å². The van der Waals surface area contributed by atoms with Gasteiger partial charge >= 0.3 is 0 Å². The summed E-state index contributed by atoms with van der Waals surface area (Å²) in [5.41, 5.74) is 7.57. The molecular formula is C34H50O2. The highest BCUT2D eigenvalue weighted by Gasteiger charge is 2.30. The van der Waals surface area contributed by atoms with E-state index < -0.39 is 0 Å². The zero-order valence-electron chi connectivity index (χ0n) is 23.4. The van der Waals surface area contributed by atoms with Crippen LogP contribution in [0, 0.1) is 19.8 Å². The van der Waals surface area contributed by atoms with Crippen LogP contribution in [0.2, 0.25) is 0 Å². The summed E-state index contributed by atoms with van der Waals surface area (Å²) in [5, 5.41) is 22.1. The summed E-state index contributed by atoms with van der Waals surface area (Å²) in [6, 6.07) is 8.90. The fourth-order valence-corrected chi connectivity index (χ4v) is 7.35. The van der Waals surface area contributed by atoms with Gasteiger partial charge in [0.25, 0.3) is 0 Å². The topological polar surface area (TPSA) is 40.5 Å². The van der Waals surface area contributed by atoms with Crippen LogP contribution in [0.1, 0.15) is 155 Å². The largest absolute Gasteiger partial charge is 0.508 e. The van der Waals surface area contributed by atoms with Crippen molar-refractivity contribution in [3.05, 3.63) is 57.6 Å². The highest BCUT2D eigenvalue weighted by atomic mass is 16.3. The predicted octanol–water partition coefficient (Wildman–Crippen LogP) is 10.2. The van der Waals surface area contributed by atoms with Gasteiger partial charge in [-0.15, -0.1) is 0 Å². The number of benzene rings is 2. The van der Waals surface area contributed by atoms with Gasteiger partial charge in [-0.3, -0.25) is 0 Å². The molecule has 2 aromatic rings. The first kappa shape index (κ1) is 27.1. The normalized spacial score (nSPS) is 18.6. The van der Waals surface area contributed by atoms with E-state index in [1.54, 1.807) is 0 Å². The molecule has 1 unspecified atom stereocenters. The van der Waals surface area contributed by atoms with E-state index >= 15 is 0 Å². The third-order valence-electron chi connectivity index (χ3n) is 9.52. The smallest absolute Gasteiger partial charge is 0.119 e. The summed E-state index contributed by atoms with van der Waals surface area (Å²) in [6.45, 7) is 9.03. The van der Waals surface area contributed by atoms with E-state index in [9.17, 15) is 10.2 Å². The van der Waals surface area contributed by atoms with Crippen molar-refractivity contribution in [2.24, 2.45) is 5.92 Å². The monoisotopic (exact) mass is 490 g/mol. The molecule has 0 aromatic heterocycles. The number of hydrogen-bond donors (Lipinski definition) is 2. The van der Waals surface area contributed by atoms with E-state index in [-0.39, 0.29) is 0 Å². The van der Waals surface area contributed by atoms with E-state index in [0.717, 1.165) is 6.42 Å². The molecule has 0 spiro atoms. The average Bonchev–Trinajstić information content (AvgIpc) is 2.89. The van der Waals surface area contributed by atoms with Crippen LogP contribution in [0.25, 0.3) is 0 Å². The van der Waals surface area contributed by atoms with E-state index in [0.29, 0.717) is 35.2 Å². The Morgan fingerprint density at radius 2 is 1.14 bits per heavy atom. The van der Waals surface area contributed by atoms with Crippen LogP contribution in [0.3, 0.4) is 0 Å². The molecule has 0 saturated heterocycles. The maximum absolute atomic E-state index is 11.0. The molecule has 2 aliphatic rings. The van der Waals surface area contributed by atoms with Crippen LogP contribution >= 0.6 is 0 Å². The van der Waals surface area contributed by atoms with Crippen molar-refractivity contribution in [3.8, 4) is 11.5 Å². The number of phenols is 2. The summed E-state index contributed by atoms with van der Waals surface area (Å²) < 4.78 is 0. The van der Waals surface area contributed by atoms with Crippen molar-refractivity contribution in [1.82, 2.24) is 0 Å². The van der Waals surface area contributed by atoms with Crippen LogP contribution in [-0.4, -0.2) is 10.2 Å². The summed E-state index contributed by atoms with van der Waals surface area (Å²) >= 11 is 0. The third kappa shape index (κ3) is 5.95. The van der Waals surface area contributed by atoms with Crippen LogP contribution in [0.15, 0.2) is 24.3 Å². The lowest BCUT2D eigenvalue weighted by molar-refractivity contribution is 0.394. The van der Waals surface area contributed by atoms with Crippen LogP contribution < -0.4 is 0 Å². The first-order chi connectivity index (χ1) is 17.4. The molecule has 2 aliphatic carbocycles. The Hall–Kier alpha value is -1.96. The van der Waals surface area contributed by atoms with Crippen molar-refractivity contribution in [3.63, 3.8) is 0 Å². The lowest BCUT2D eigenvalue weighted by atomic mass is 9.72. The SMILES string of the molecule is CCCCC(CC)C(c1cc(C2CCCCC2)c(O)cc1C)c1cc(C2CCCCC2)c(O)cc1C. The van der Waals surface area contributed by atoms with Gasteiger partial charge < -0.3 is 10.2 Å². The zero-order chi connectivity index (χ0) is 25.7. The Kier molecular flexibility index (Phi) is 9.42. The quantitative estimate of drug-likeness (QED) is 0.367. The summed E-state index contributed by atoms with van der Waals surface area (Å²) in [5.74, 6) is 2.80. The van der Waals surface area contributed by atoms with E-state index in [1.165, 1.54) is 117 Å². The van der Waals surface area contributed by atoms with Gasteiger partial charge in [0.1, 0.15) is 11.5 Å².